The highest BCUT2D eigenvalue weighted by Gasteiger charge is 2.03. The largest absolute Gasteiger partial charge is 0.494 e. The van der Waals surface area contributed by atoms with Gasteiger partial charge in [-0.2, -0.15) is 0 Å². The fraction of sp³-hybridized carbons (Fsp3) is 0.222. The van der Waals surface area contributed by atoms with E-state index in [9.17, 15) is 0 Å². The van der Waals surface area contributed by atoms with Crippen LogP contribution in [0.4, 0.5) is 0 Å². The zero-order chi connectivity index (χ0) is 13.7. The van der Waals surface area contributed by atoms with Gasteiger partial charge in [0.1, 0.15) is 5.75 Å². The lowest BCUT2D eigenvalue weighted by Gasteiger charge is -2.10. The molecule has 1 nitrogen and oxygen atoms in total. The van der Waals surface area contributed by atoms with Gasteiger partial charge in [-0.1, -0.05) is 49.9 Å². The lowest BCUT2D eigenvalue weighted by atomic mass is 9.99. The summed E-state index contributed by atoms with van der Waals surface area (Å²) in [5.41, 5.74) is 4.86. The number of benzene rings is 2. The summed E-state index contributed by atoms with van der Waals surface area (Å²) in [6, 6.07) is 14.7. The van der Waals surface area contributed by atoms with Crippen LogP contribution in [0.5, 0.6) is 5.75 Å². The first-order valence-corrected chi connectivity index (χ1v) is 6.71. The summed E-state index contributed by atoms with van der Waals surface area (Å²) >= 11 is 0. The van der Waals surface area contributed by atoms with Crippen LogP contribution < -0.4 is 4.74 Å². The van der Waals surface area contributed by atoms with E-state index in [2.05, 4.69) is 56.8 Å². The summed E-state index contributed by atoms with van der Waals surface area (Å²) in [7, 11) is 0. The second-order valence-electron chi connectivity index (χ2n) is 4.65. The first-order chi connectivity index (χ1) is 9.24. The predicted octanol–water partition coefficient (Wildman–Crippen LogP) is 5.09. The number of rotatable bonds is 5. The average Bonchev–Trinajstić information content (AvgIpc) is 2.45. The molecule has 0 aromatic heterocycles. The van der Waals surface area contributed by atoms with Crippen LogP contribution in [-0.4, -0.2) is 6.61 Å². The molecule has 0 bridgehead atoms. The summed E-state index contributed by atoms with van der Waals surface area (Å²) < 4.78 is 5.65. The van der Waals surface area contributed by atoms with Crippen molar-refractivity contribution in [1.82, 2.24) is 0 Å². The topological polar surface area (TPSA) is 9.23 Å². The van der Waals surface area contributed by atoms with Crippen LogP contribution in [0.15, 0.2) is 49.0 Å². The lowest BCUT2D eigenvalue weighted by Crippen LogP contribution is -1.95. The maximum absolute atomic E-state index is 5.65. The molecule has 2 aromatic rings. The van der Waals surface area contributed by atoms with Crippen molar-refractivity contribution in [3.05, 3.63) is 60.2 Å². The van der Waals surface area contributed by atoms with E-state index in [1.54, 1.807) is 0 Å². The van der Waals surface area contributed by atoms with Crippen LogP contribution in [0, 0.1) is 6.92 Å². The zero-order valence-electron chi connectivity index (χ0n) is 11.6. The summed E-state index contributed by atoms with van der Waals surface area (Å²) in [5, 5.41) is 0. The molecule has 0 fully saturated rings. The minimum atomic E-state index is 0.771. The van der Waals surface area contributed by atoms with Gasteiger partial charge in [-0.25, -0.2) is 0 Å². The monoisotopic (exact) mass is 252 g/mol. The molecule has 0 heterocycles. The van der Waals surface area contributed by atoms with E-state index < -0.39 is 0 Å². The molecule has 0 saturated heterocycles. The summed E-state index contributed by atoms with van der Waals surface area (Å²) in [4.78, 5) is 0. The van der Waals surface area contributed by atoms with Crippen LogP contribution in [-0.2, 0) is 0 Å². The van der Waals surface area contributed by atoms with E-state index in [4.69, 9.17) is 4.74 Å². The van der Waals surface area contributed by atoms with E-state index in [-0.39, 0.29) is 0 Å². The van der Waals surface area contributed by atoms with E-state index in [0.29, 0.717) is 0 Å². The van der Waals surface area contributed by atoms with E-state index in [0.717, 1.165) is 24.3 Å². The van der Waals surface area contributed by atoms with Crippen LogP contribution in [0.2, 0.25) is 0 Å². The molecule has 0 saturated carbocycles. The normalized spacial score (nSPS) is 10.2. The maximum atomic E-state index is 5.65. The highest BCUT2D eigenvalue weighted by molar-refractivity contribution is 5.69. The SMILES string of the molecule is C=Cc1ccc(-c2ccc(OCCC)cc2C)cc1. The number of hydrogen-bond acceptors (Lipinski definition) is 1. The van der Waals surface area contributed by atoms with Crippen molar-refractivity contribution in [3.8, 4) is 16.9 Å². The Morgan fingerprint density at radius 3 is 2.42 bits per heavy atom. The molecule has 0 atom stereocenters. The lowest BCUT2D eigenvalue weighted by molar-refractivity contribution is 0.317. The summed E-state index contributed by atoms with van der Waals surface area (Å²) in [6.45, 7) is 8.78. The van der Waals surface area contributed by atoms with Crippen molar-refractivity contribution in [2.45, 2.75) is 20.3 Å². The third kappa shape index (κ3) is 3.25. The molecule has 0 aliphatic carbocycles. The Morgan fingerprint density at radius 2 is 1.84 bits per heavy atom. The molecule has 0 aliphatic rings. The van der Waals surface area contributed by atoms with Gasteiger partial charge in [0.25, 0.3) is 0 Å². The van der Waals surface area contributed by atoms with E-state index in [1.165, 1.54) is 16.7 Å². The molecule has 0 spiro atoms. The molecule has 1 heteroatoms. The van der Waals surface area contributed by atoms with Crippen molar-refractivity contribution < 1.29 is 4.74 Å². The molecule has 2 aromatic carbocycles. The Bertz CT molecular complexity index is 552. The molecule has 0 aliphatic heterocycles. The fourth-order valence-electron chi connectivity index (χ4n) is 2.07. The Labute approximate surface area is 115 Å². The smallest absolute Gasteiger partial charge is 0.119 e. The third-order valence-corrected chi connectivity index (χ3v) is 3.13. The van der Waals surface area contributed by atoms with Gasteiger partial charge < -0.3 is 4.74 Å². The van der Waals surface area contributed by atoms with Crippen molar-refractivity contribution in [2.24, 2.45) is 0 Å². The van der Waals surface area contributed by atoms with Crippen molar-refractivity contribution in [1.29, 1.82) is 0 Å². The molecule has 19 heavy (non-hydrogen) atoms. The Hall–Kier alpha value is -2.02. The zero-order valence-corrected chi connectivity index (χ0v) is 11.6. The molecule has 0 unspecified atom stereocenters. The molecule has 0 amide bonds. The third-order valence-electron chi connectivity index (χ3n) is 3.13. The first kappa shape index (κ1) is 13.4. The molecule has 98 valence electrons. The molecule has 0 radical (unpaired) electrons. The van der Waals surface area contributed by atoms with Gasteiger partial charge in [-0.3, -0.25) is 0 Å². The van der Waals surface area contributed by atoms with Crippen molar-refractivity contribution in [2.75, 3.05) is 6.61 Å². The second-order valence-corrected chi connectivity index (χ2v) is 4.65. The van der Waals surface area contributed by atoms with Crippen LogP contribution in [0.3, 0.4) is 0 Å². The second kappa shape index (κ2) is 6.24. The highest BCUT2D eigenvalue weighted by Crippen LogP contribution is 2.27. The summed E-state index contributed by atoms with van der Waals surface area (Å²) in [5.74, 6) is 0.950. The number of ether oxygens (including phenoxy) is 1. The predicted molar refractivity (Wildman–Crippen MR) is 82.5 cm³/mol. The number of hydrogen-bond donors (Lipinski definition) is 0. The minimum Gasteiger partial charge on any atom is -0.494 e. The van der Waals surface area contributed by atoms with Gasteiger partial charge in [0, 0.05) is 0 Å². The van der Waals surface area contributed by atoms with Crippen molar-refractivity contribution in [3.63, 3.8) is 0 Å². The maximum Gasteiger partial charge on any atom is 0.119 e. The Balaban J connectivity index is 2.26. The average molecular weight is 252 g/mol. The number of aryl methyl sites for hydroxylation is 1. The minimum absolute atomic E-state index is 0.771. The van der Waals surface area contributed by atoms with Crippen LogP contribution in [0.25, 0.3) is 17.2 Å². The van der Waals surface area contributed by atoms with Gasteiger partial charge in [0.15, 0.2) is 0 Å². The fourth-order valence-corrected chi connectivity index (χ4v) is 2.07. The quantitative estimate of drug-likeness (QED) is 0.720. The molecule has 0 N–H and O–H groups in total. The molecular weight excluding hydrogens is 232 g/mol. The first-order valence-electron chi connectivity index (χ1n) is 6.71. The van der Waals surface area contributed by atoms with Crippen LogP contribution in [0.1, 0.15) is 24.5 Å². The highest BCUT2D eigenvalue weighted by atomic mass is 16.5. The standard InChI is InChI=1S/C18H20O/c1-4-12-19-17-10-11-18(14(3)13-17)16-8-6-15(5-2)7-9-16/h5-11,13H,2,4,12H2,1,3H3. The van der Waals surface area contributed by atoms with Gasteiger partial charge >= 0.3 is 0 Å². The van der Waals surface area contributed by atoms with Crippen molar-refractivity contribution >= 4 is 6.08 Å². The van der Waals surface area contributed by atoms with E-state index >= 15 is 0 Å². The van der Waals surface area contributed by atoms with Gasteiger partial charge in [-0.15, -0.1) is 0 Å². The summed E-state index contributed by atoms with van der Waals surface area (Å²) in [6.07, 6.45) is 2.89. The Morgan fingerprint density at radius 1 is 1.11 bits per heavy atom. The molecular formula is C18H20O. The Kier molecular flexibility index (Phi) is 4.40. The molecule has 2 rings (SSSR count). The van der Waals surface area contributed by atoms with Gasteiger partial charge in [0.05, 0.1) is 6.61 Å². The van der Waals surface area contributed by atoms with E-state index in [1.807, 2.05) is 12.1 Å². The van der Waals surface area contributed by atoms with Gasteiger partial charge in [0.2, 0.25) is 0 Å². The van der Waals surface area contributed by atoms with Crippen LogP contribution >= 0.6 is 0 Å². The van der Waals surface area contributed by atoms with Gasteiger partial charge in [-0.05, 0) is 47.7 Å².